The zero-order valence-electron chi connectivity index (χ0n) is 8.41. The van der Waals surface area contributed by atoms with E-state index in [0.717, 1.165) is 22.6 Å². The standard InChI is InChI=1S/C11H10BrClN2S/c12-10-3-8(1-2-11(10)13)4-14-5-9-6-15-7-16-9/h1-3,6-7,14H,4-5H2. The Labute approximate surface area is 112 Å². The van der Waals surface area contributed by atoms with Crippen LogP contribution < -0.4 is 5.32 Å². The number of benzene rings is 1. The predicted octanol–water partition coefficient (Wildman–Crippen LogP) is 3.85. The van der Waals surface area contributed by atoms with Crippen LogP contribution in [0, 0.1) is 0 Å². The first-order valence-corrected chi connectivity index (χ1v) is 6.83. The summed E-state index contributed by atoms with van der Waals surface area (Å²) in [5.74, 6) is 0. The summed E-state index contributed by atoms with van der Waals surface area (Å²) in [6, 6.07) is 5.95. The van der Waals surface area contributed by atoms with Gasteiger partial charge in [0.15, 0.2) is 0 Å². The van der Waals surface area contributed by atoms with E-state index in [1.54, 1.807) is 11.3 Å². The molecule has 0 spiro atoms. The Morgan fingerprint density at radius 1 is 1.38 bits per heavy atom. The Morgan fingerprint density at radius 3 is 2.94 bits per heavy atom. The van der Waals surface area contributed by atoms with Crippen molar-refractivity contribution in [2.45, 2.75) is 13.1 Å². The van der Waals surface area contributed by atoms with Gasteiger partial charge in [0.25, 0.3) is 0 Å². The van der Waals surface area contributed by atoms with Crippen LogP contribution >= 0.6 is 38.9 Å². The van der Waals surface area contributed by atoms with E-state index in [1.807, 2.05) is 29.9 Å². The molecule has 16 heavy (non-hydrogen) atoms. The molecule has 1 N–H and O–H groups in total. The minimum Gasteiger partial charge on any atom is -0.308 e. The van der Waals surface area contributed by atoms with E-state index in [0.29, 0.717) is 0 Å². The molecule has 0 amide bonds. The summed E-state index contributed by atoms with van der Waals surface area (Å²) < 4.78 is 0.936. The van der Waals surface area contributed by atoms with Crippen LogP contribution in [-0.4, -0.2) is 4.98 Å². The summed E-state index contributed by atoms with van der Waals surface area (Å²) in [6.07, 6.45) is 1.88. The molecular weight excluding hydrogens is 308 g/mol. The third kappa shape index (κ3) is 3.28. The molecule has 0 saturated heterocycles. The second-order valence-corrected chi connectivity index (χ2v) is 5.55. The molecule has 1 aromatic carbocycles. The van der Waals surface area contributed by atoms with Crippen LogP contribution in [0.3, 0.4) is 0 Å². The van der Waals surface area contributed by atoms with Crippen LogP contribution in [-0.2, 0) is 13.1 Å². The van der Waals surface area contributed by atoms with Crippen molar-refractivity contribution in [3.8, 4) is 0 Å². The first-order valence-electron chi connectivity index (χ1n) is 4.78. The molecule has 0 radical (unpaired) electrons. The molecule has 5 heteroatoms. The number of hydrogen-bond donors (Lipinski definition) is 1. The van der Waals surface area contributed by atoms with Crippen molar-refractivity contribution in [3.05, 3.63) is 49.8 Å². The maximum atomic E-state index is 5.92. The van der Waals surface area contributed by atoms with Crippen molar-refractivity contribution in [1.29, 1.82) is 0 Å². The fourth-order valence-corrected chi connectivity index (χ4v) is 2.42. The molecule has 84 valence electrons. The molecule has 2 aromatic rings. The summed E-state index contributed by atoms with van der Waals surface area (Å²) in [4.78, 5) is 5.27. The van der Waals surface area contributed by atoms with E-state index in [1.165, 1.54) is 10.4 Å². The SMILES string of the molecule is Clc1ccc(CNCc2cncs2)cc1Br. The molecule has 0 unspecified atom stereocenters. The van der Waals surface area contributed by atoms with Gasteiger partial charge >= 0.3 is 0 Å². The summed E-state index contributed by atoms with van der Waals surface area (Å²) in [6.45, 7) is 1.68. The van der Waals surface area contributed by atoms with Gasteiger partial charge in [0.05, 0.1) is 10.5 Å². The highest BCUT2D eigenvalue weighted by Crippen LogP contribution is 2.23. The molecule has 2 nitrogen and oxygen atoms in total. The number of thiazole rings is 1. The van der Waals surface area contributed by atoms with Gasteiger partial charge in [-0.05, 0) is 33.6 Å². The van der Waals surface area contributed by atoms with Crippen LogP contribution in [0.1, 0.15) is 10.4 Å². The smallest absolute Gasteiger partial charge is 0.0794 e. The minimum atomic E-state index is 0.742. The highest BCUT2D eigenvalue weighted by molar-refractivity contribution is 9.10. The fraction of sp³-hybridized carbons (Fsp3) is 0.182. The molecule has 1 aromatic heterocycles. The third-order valence-electron chi connectivity index (χ3n) is 2.10. The van der Waals surface area contributed by atoms with Crippen LogP contribution in [0.4, 0.5) is 0 Å². The average molecular weight is 318 g/mol. The Balaban J connectivity index is 1.87. The molecule has 0 atom stereocenters. The number of rotatable bonds is 4. The highest BCUT2D eigenvalue weighted by Gasteiger charge is 1.99. The highest BCUT2D eigenvalue weighted by atomic mass is 79.9. The van der Waals surface area contributed by atoms with E-state index in [2.05, 4.69) is 26.2 Å². The first kappa shape index (κ1) is 12.0. The molecular formula is C11H10BrClN2S. The van der Waals surface area contributed by atoms with Gasteiger partial charge in [-0.15, -0.1) is 11.3 Å². The van der Waals surface area contributed by atoms with Gasteiger partial charge in [-0.25, -0.2) is 0 Å². The number of halogens is 2. The summed E-state index contributed by atoms with van der Waals surface area (Å²) in [5, 5.41) is 4.10. The number of nitrogens with one attached hydrogen (secondary N) is 1. The summed E-state index contributed by atoms with van der Waals surface area (Å²) in [5.41, 5.74) is 3.05. The van der Waals surface area contributed by atoms with Gasteiger partial charge in [-0.3, -0.25) is 4.98 Å². The molecule has 0 aliphatic heterocycles. The average Bonchev–Trinajstić information content (AvgIpc) is 2.76. The molecule has 0 aliphatic carbocycles. The van der Waals surface area contributed by atoms with Crippen molar-refractivity contribution in [3.63, 3.8) is 0 Å². The van der Waals surface area contributed by atoms with Crippen LogP contribution in [0.5, 0.6) is 0 Å². The molecule has 0 aliphatic rings. The molecule has 0 saturated carbocycles. The number of aromatic nitrogens is 1. The maximum absolute atomic E-state index is 5.92. The Hall–Kier alpha value is -0.420. The lowest BCUT2D eigenvalue weighted by Crippen LogP contribution is -2.11. The van der Waals surface area contributed by atoms with E-state index >= 15 is 0 Å². The summed E-state index contributed by atoms with van der Waals surface area (Å²) in [7, 11) is 0. The first-order chi connectivity index (χ1) is 7.75. The van der Waals surface area contributed by atoms with Crippen molar-refractivity contribution in [1.82, 2.24) is 10.3 Å². The quantitative estimate of drug-likeness (QED) is 0.926. The maximum Gasteiger partial charge on any atom is 0.0794 e. The number of hydrogen-bond acceptors (Lipinski definition) is 3. The number of nitrogens with zero attached hydrogens (tertiary/aromatic N) is 1. The van der Waals surface area contributed by atoms with E-state index in [9.17, 15) is 0 Å². The van der Waals surface area contributed by atoms with Crippen molar-refractivity contribution in [2.75, 3.05) is 0 Å². The van der Waals surface area contributed by atoms with Crippen molar-refractivity contribution < 1.29 is 0 Å². The Bertz CT molecular complexity index is 459. The van der Waals surface area contributed by atoms with Crippen LogP contribution in [0.25, 0.3) is 0 Å². The lowest BCUT2D eigenvalue weighted by Gasteiger charge is -2.04. The van der Waals surface area contributed by atoms with Gasteiger partial charge in [0.2, 0.25) is 0 Å². The monoisotopic (exact) mass is 316 g/mol. The lowest BCUT2D eigenvalue weighted by atomic mass is 10.2. The second-order valence-electron chi connectivity index (χ2n) is 3.32. The normalized spacial score (nSPS) is 10.6. The van der Waals surface area contributed by atoms with E-state index in [4.69, 9.17) is 11.6 Å². The van der Waals surface area contributed by atoms with Crippen LogP contribution in [0.2, 0.25) is 5.02 Å². The zero-order chi connectivity index (χ0) is 11.4. The largest absolute Gasteiger partial charge is 0.308 e. The molecule has 0 fully saturated rings. The van der Waals surface area contributed by atoms with Crippen molar-refractivity contribution in [2.24, 2.45) is 0 Å². The molecule has 2 rings (SSSR count). The zero-order valence-corrected chi connectivity index (χ0v) is 11.6. The molecule has 0 bridgehead atoms. The van der Waals surface area contributed by atoms with Gasteiger partial charge in [-0.1, -0.05) is 17.7 Å². The van der Waals surface area contributed by atoms with Gasteiger partial charge in [0, 0.05) is 28.6 Å². The Kier molecular flexibility index (Phi) is 4.35. The second kappa shape index (κ2) is 5.77. The van der Waals surface area contributed by atoms with E-state index in [-0.39, 0.29) is 0 Å². The third-order valence-corrected chi connectivity index (χ3v) is 4.09. The Morgan fingerprint density at radius 2 is 2.25 bits per heavy atom. The van der Waals surface area contributed by atoms with Gasteiger partial charge < -0.3 is 5.32 Å². The predicted molar refractivity (Wildman–Crippen MR) is 71.8 cm³/mol. The topological polar surface area (TPSA) is 24.9 Å². The van der Waals surface area contributed by atoms with Gasteiger partial charge in [0.1, 0.15) is 0 Å². The van der Waals surface area contributed by atoms with Crippen molar-refractivity contribution >= 4 is 38.9 Å². The minimum absolute atomic E-state index is 0.742. The van der Waals surface area contributed by atoms with Gasteiger partial charge in [-0.2, -0.15) is 0 Å². The fourth-order valence-electron chi connectivity index (χ4n) is 1.31. The molecule has 1 heterocycles. The van der Waals surface area contributed by atoms with E-state index < -0.39 is 0 Å². The van der Waals surface area contributed by atoms with Crippen LogP contribution in [0.15, 0.2) is 34.4 Å². The lowest BCUT2D eigenvalue weighted by molar-refractivity contribution is 0.700. The summed E-state index contributed by atoms with van der Waals surface area (Å²) >= 11 is 11.0.